The van der Waals surface area contributed by atoms with Crippen LogP contribution < -0.4 is 0 Å². The van der Waals surface area contributed by atoms with Crippen molar-refractivity contribution in [2.75, 3.05) is 6.26 Å². The van der Waals surface area contributed by atoms with Crippen molar-refractivity contribution in [2.24, 2.45) is 5.92 Å². The molecule has 7 nitrogen and oxygen atoms in total. The number of carbonyl (C=O) groups excluding carboxylic acids is 2. The van der Waals surface area contributed by atoms with Gasteiger partial charge in [0.2, 0.25) is 5.76 Å². The molecule has 1 atom stereocenters. The monoisotopic (exact) mass is 429 g/mol. The fourth-order valence-electron chi connectivity index (χ4n) is 2.93. The number of esters is 1. The summed E-state index contributed by atoms with van der Waals surface area (Å²) in [4.78, 5) is 23.6. The van der Waals surface area contributed by atoms with Gasteiger partial charge < -0.3 is 9.26 Å². The Morgan fingerprint density at radius 3 is 2.63 bits per heavy atom. The van der Waals surface area contributed by atoms with E-state index in [2.05, 4.69) is 17.0 Å². The predicted octanol–water partition coefficient (Wildman–Crippen LogP) is 2.48. The van der Waals surface area contributed by atoms with Gasteiger partial charge in [-0.2, -0.15) is 0 Å². The molecule has 2 aromatic rings. The lowest BCUT2D eigenvalue weighted by atomic mass is 9.85. The number of hydrogen-bond acceptors (Lipinski definition) is 7. The van der Waals surface area contributed by atoms with Crippen LogP contribution in [0.3, 0.4) is 0 Å². The van der Waals surface area contributed by atoms with Crippen molar-refractivity contribution in [3.8, 4) is 11.8 Å². The number of aryl methyl sites for hydroxylation is 1. The van der Waals surface area contributed by atoms with Crippen molar-refractivity contribution in [3.05, 3.63) is 53.4 Å². The van der Waals surface area contributed by atoms with Crippen molar-refractivity contribution < 1.29 is 27.3 Å². The summed E-state index contributed by atoms with van der Waals surface area (Å²) in [5.41, 5.74) is 1.27. The molecule has 1 aromatic heterocycles. The lowest BCUT2D eigenvalue weighted by Gasteiger charge is -2.25. The number of carbonyl (C=O) groups is 2. The maximum Gasteiger partial charge on any atom is 0.327 e. The molecule has 158 valence electrons. The van der Waals surface area contributed by atoms with Crippen LogP contribution >= 0.6 is 0 Å². The third-order valence-corrected chi connectivity index (χ3v) is 7.24. The third-order valence-electron chi connectivity index (χ3n) is 5.23. The number of sulfone groups is 1. The Morgan fingerprint density at radius 2 is 2.00 bits per heavy atom. The fraction of sp³-hybridized carbons (Fsp3) is 0.409. The van der Waals surface area contributed by atoms with Crippen LogP contribution in [0.1, 0.15) is 43.2 Å². The summed E-state index contributed by atoms with van der Waals surface area (Å²) >= 11 is 0. The van der Waals surface area contributed by atoms with E-state index in [9.17, 15) is 18.0 Å². The number of rotatable bonds is 7. The van der Waals surface area contributed by atoms with Gasteiger partial charge >= 0.3 is 5.97 Å². The summed E-state index contributed by atoms with van der Waals surface area (Å²) in [6.07, 6.45) is 2.15. The lowest BCUT2D eigenvalue weighted by molar-refractivity contribution is -0.147. The van der Waals surface area contributed by atoms with Crippen LogP contribution in [0.15, 0.2) is 40.9 Å². The largest absolute Gasteiger partial charge is 0.460 e. The first-order valence-electron chi connectivity index (χ1n) is 9.57. The maximum atomic E-state index is 12.7. The van der Waals surface area contributed by atoms with E-state index in [-0.39, 0.29) is 31.1 Å². The van der Waals surface area contributed by atoms with E-state index >= 15 is 0 Å². The normalized spacial score (nSPS) is 16.1. The van der Waals surface area contributed by atoms with Crippen LogP contribution in [0.2, 0.25) is 0 Å². The van der Waals surface area contributed by atoms with Crippen LogP contribution in [-0.4, -0.2) is 36.3 Å². The summed E-state index contributed by atoms with van der Waals surface area (Å²) in [5, 5.41) is 3.90. The molecule has 1 fully saturated rings. The summed E-state index contributed by atoms with van der Waals surface area (Å²) in [5.74, 6) is 5.59. The average Bonchev–Trinajstić information content (AvgIpc) is 3.14. The van der Waals surface area contributed by atoms with Gasteiger partial charge in [0, 0.05) is 31.1 Å². The van der Waals surface area contributed by atoms with Crippen molar-refractivity contribution in [2.45, 2.75) is 44.0 Å². The molecule has 0 N–H and O–H groups in total. The van der Waals surface area contributed by atoms with E-state index in [0.29, 0.717) is 24.3 Å². The molecule has 1 unspecified atom stereocenters. The molecule has 0 bridgehead atoms. The van der Waals surface area contributed by atoms with Gasteiger partial charge in [0.15, 0.2) is 14.6 Å². The number of Topliss-reactive ketones (excluding diaryl/α,β-unsaturated/α-hetero) is 1. The SMILES string of the molecule is CC(CCc1cc(C#CC2CC(=O)C2)on1)(C(=O)OCc1ccccc1)S(C)(=O)=O. The van der Waals surface area contributed by atoms with Crippen LogP contribution in [-0.2, 0) is 37.2 Å². The summed E-state index contributed by atoms with van der Waals surface area (Å²) in [6.45, 7) is 1.36. The fourth-order valence-corrected chi connectivity index (χ4v) is 3.77. The second-order valence-electron chi connectivity index (χ2n) is 7.66. The first kappa shape index (κ1) is 21.8. The third kappa shape index (κ3) is 5.16. The smallest absolute Gasteiger partial charge is 0.327 e. The Bertz CT molecular complexity index is 1090. The minimum absolute atomic E-state index is 0.00183. The Kier molecular flexibility index (Phi) is 6.42. The molecule has 8 heteroatoms. The van der Waals surface area contributed by atoms with Crippen molar-refractivity contribution in [1.82, 2.24) is 5.16 Å². The zero-order valence-corrected chi connectivity index (χ0v) is 17.7. The molecule has 1 heterocycles. The van der Waals surface area contributed by atoms with Gasteiger partial charge in [-0.15, -0.1) is 0 Å². The molecule has 0 spiro atoms. The minimum atomic E-state index is -3.75. The Hall–Kier alpha value is -2.92. The Balaban J connectivity index is 1.63. The van der Waals surface area contributed by atoms with Gasteiger partial charge in [0.05, 0.1) is 5.69 Å². The molecule has 0 radical (unpaired) electrons. The topological polar surface area (TPSA) is 104 Å². The maximum absolute atomic E-state index is 12.7. The van der Waals surface area contributed by atoms with Gasteiger partial charge in [-0.05, 0) is 31.2 Å². The second kappa shape index (κ2) is 8.84. The van der Waals surface area contributed by atoms with E-state index in [0.717, 1.165) is 11.8 Å². The van der Waals surface area contributed by atoms with Crippen LogP contribution in [0.4, 0.5) is 0 Å². The van der Waals surface area contributed by atoms with E-state index < -0.39 is 20.6 Å². The van der Waals surface area contributed by atoms with E-state index in [4.69, 9.17) is 9.26 Å². The Labute approximate surface area is 175 Å². The molecule has 1 aliphatic rings. The highest BCUT2D eigenvalue weighted by Gasteiger charge is 2.45. The van der Waals surface area contributed by atoms with Crippen molar-refractivity contribution >= 4 is 21.6 Å². The van der Waals surface area contributed by atoms with Gasteiger partial charge in [-0.25, -0.2) is 8.42 Å². The molecular weight excluding hydrogens is 406 g/mol. The molecular formula is C22H23NO6S. The molecule has 0 amide bonds. The standard InChI is InChI=1S/C22H23NO6S/c1-22(30(2,26)27,21(25)28-15-16-6-4-3-5-7-16)11-10-18-14-20(29-23-18)9-8-17-12-19(24)13-17/h3-7,14,17H,10-13,15H2,1-2H3. The number of ketones is 1. The molecule has 1 aromatic carbocycles. The van der Waals surface area contributed by atoms with E-state index in [1.165, 1.54) is 6.92 Å². The number of hydrogen-bond donors (Lipinski definition) is 0. The van der Waals surface area contributed by atoms with Crippen LogP contribution in [0.25, 0.3) is 0 Å². The highest BCUT2D eigenvalue weighted by Crippen LogP contribution is 2.26. The molecule has 1 saturated carbocycles. The highest BCUT2D eigenvalue weighted by molar-refractivity contribution is 7.92. The molecule has 0 aliphatic heterocycles. The van der Waals surface area contributed by atoms with Crippen molar-refractivity contribution in [3.63, 3.8) is 0 Å². The Morgan fingerprint density at radius 1 is 1.30 bits per heavy atom. The zero-order chi connectivity index (χ0) is 21.8. The summed E-state index contributed by atoms with van der Waals surface area (Å²) < 4.78 is 33.5. The number of ether oxygens (including phenoxy) is 1. The van der Waals surface area contributed by atoms with E-state index in [1.807, 2.05) is 18.2 Å². The first-order valence-corrected chi connectivity index (χ1v) is 11.5. The second-order valence-corrected chi connectivity index (χ2v) is 10.1. The zero-order valence-electron chi connectivity index (χ0n) is 16.9. The number of aromatic nitrogens is 1. The van der Waals surface area contributed by atoms with Crippen molar-refractivity contribution in [1.29, 1.82) is 0 Å². The lowest BCUT2D eigenvalue weighted by Crippen LogP contribution is -2.44. The highest BCUT2D eigenvalue weighted by atomic mass is 32.2. The summed E-state index contributed by atoms with van der Waals surface area (Å²) in [7, 11) is -3.75. The first-order chi connectivity index (χ1) is 14.2. The predicted molar refractivity (Wildman–Crippen MR) is 109 cm³/mol. The number of nitrogens with zero attached hydrogens (tertiary/aromatic N) is 1. The molecule has 3 rings (SSSR count). The van der Waals surface area contributed by atoms with Gasteiger partial charge in [-0.1, -0.05) is 41.4 Å². The van der Waals surface area contributed by atoms with Gasteiger partial charge in [0.1, 0.15) is 12.4 Å². The van der Waals surface area contributed by atoms with E-state index in [1.54, 1.807) is 18.2 Å². The van der Waals surface area contributed by atoms with Crippen LogP contribution in [0.5, 0.6) is 0 Å². The summed E-state index contributed by atoms with van der Waals surface area (Å²) in [6, 6.07) is 10.7. The molecule has 1 aliphatic carbocycles. The molecule has 30 heavy (non-hydrogen) atoms. The van der Waals surface area contributed by atoms with Gasteiger partial charge in [-0.3, -0.25) is 9.59 Å². The number of benzene rings is 1. The van der Waals surface area contributed by atoms with Crippen LogP contribution in [0, 0.1) is 17.8 Å². The molecule has 0 saturated heterocycles. The average molecular weight is 429 g/mol. The minimum Gasteiger partial charge on any atom is -0.460 e. The van der Waals surface area contributed by atoms with Gasteiger partial charge in [0.25, 0.3) is 0 Å². The quantitative estimate of drug-likeness (QED) is 0.492.